The minimum absolute atomic E-state index is 1.06. The molecule has 1 heteroatoms. The molecule has 0 aliphatic carbocycles. The Hall–Kier alpha value is -7.76. The minimum Gasteiger partial charge on any atom is -0.109 e. The lowest BCUT2D eigenvalue weighted by Crippen LogP contribution is -2.66. The van der Waals surface area contributed by atoms with Crippen LogP contribution in [-0.4, -0.2) is 8.07 Å². The number of benzene rings is 11. The SMILES string of the molecule is C(#C[Si](c1ccccc1)(c1ccccc1)c1cccc(-c2ccccc2)c1)c1c2ccccc2c(-c2c3ccccc3c(-c3ccccc3)c3ccccc23)c2ccccc12. The van der Waals surface area contributed by atoms with Crippen LogP contribution in [0.15, 0.2) is 243 Å². The zero-order chi connectivity index (χ0) is 40.6. The van der Waals surface area contributed by atoms with Gasteiger partial charge in [-0.1, -0.05) is 249 Å². The first-order chi connectivity index (χ1) is 30.3. The molecule has 284 valence electrons. The van der Waals surface area contributed by atoms with Gasteiger partial charge in [-0.25, -0.2) is 0 Å². The minimum atomic E-state index is -3.00. The lowest BCUT2D eigenvalue weighted by atomic mass is 9.82. The van der Waals surface area contributed by atoms with Gasteiger partial charge in [0.05, 0.1) is 0 Å². The van der Waals surface area contributed by atoms with Crippen LogP contribution in [0, 0.1) is 11.5 Å². The van der Waals surface area contributed by atoms with Gasteiger partial charge >= 0.3 is 0 Å². The molecule has 0 unspecified atom stereocenters. The number of fused-ring (bicyclic) bond motifs is 4. The van der Waals surface area contributed by atoms with Gasteiger partial charge in [-0.15, -0.1) is 5.54 Å². The van der Waals surface area contributed by atoms with Crippen LogP contribution in [0.3, 0.4) is 0 Å². The smallest absolute Gasteiger partial charge is 0.109 e. The highest BCUT2D eigenvalue weighted by molar-refractivity contribution is 7.16. The van der Waals surface area contributed by atoms with Crippen molar-refractivity contribution >= 4 is 66.7 Å². The van der Waals surface area contributed by atoms with Gasteiger partial charge in [0.15, 0.2) is 0 Å². The van der Waals surface area contributed by atoms with E-state index < -0.39 is 8.07 Å². The Morgan fingerprint density at radius 3 is 1.03 bits per heavy atom. The van der Waals surface area contributed by atoms with Crippen LogP contribution in [0.1, 0.15) is 5.56 Å². The van der Waals surface area contributed by atoms with E-state index in [2.05, 4.69) is 254 Å². The van der Waals surface area contributed by atoms with Crippen molar-refractivity contribution in [2.75, 3.05) is 0 Å². The van der Waals surface area contributed by atoms with Crippen molar-refractivity contribution in [2.24, 2.45) is 0 Å². The standard InChI is InChI=1S/C60H40Si/c1-5-22-43(23-6-1)45-26-21-31-48(42-45)61(46-27-9-3-10-28-46,47-29-11-4-12-30-47)41-40-51-49-32-13-15-34-52(49)59(53-35-16-14-33-50(51)53)60-56-38-19-17-36-54(56)58(44-24-7-2-8-25-44)55-37-18-20-39-57(55)60/h1-39,42H. The molecular formula is C60H40Si. The molecule has 0 aliphatic heterocycles. The van der Waals surface area contributed by atoms with Crippen molar-refractivity contribution in [3.8, 4) is 44.8 Å². The van der Waals surface area contributed by atoms with Crippen LogP contribution < -0.4 is 15.6 Å². The van der Waals surface area contributed by atoms with Crippen molar-refractivity contribution in [3.05, 3.63) is 248 Å². The van der Waals surface area contributed by atoms with E-state index >= 15 is 0 Å². The molecule has 61 heavy (non-hydrogen) atoms. The highest BCUT2D eigenvalue weighted by atomic mass is 28.3. The molecule has 0 aromatic heterocycles. The van der Waals surface area contributed by atoms with Crippen LogP contribution in [-0.2, 0) is 0 Å². The fraction of sp³-hybridized carbons (Fsp3) is 0. The Bertz CT molecular complexity index is 3300. The molecule has 0 amide bonds. The van der Waals surface area contributed by atoms with Crippen LogP contribution >= 0.6 is 0 Å². The summed E-state index contributed by atoms with van der Waals surface area (Å²) in [6.07, 6.45) is 0. The van der Waals surface area contributed by atoms with Gasteiger partial charge in [0.25, 0.3) is 0 Å². The summed E-state index contributed by atoms with van der Waals surface area (Å²) in [5.41, 5.74) is 12.6. The fourth-order valence-corrected chi connectivity index (χ4v) is 13.5. The number of hydrogen-bond acceptors (Lipinski definition) is 0. The summed E-state index contributed by atoms with van der Waals surface area (Å²) in [4.78, 5) is 0. The molecule has 0 radical (unpaired) electrons. The third-order valence-corrected chi connectivity index (χ3v) is 16.4. The number of hydrogen-bond donors (Lipinski definition) is 0. The van der Waals surface area contributed by atoms with E-state index in [1.165, 1.54) is 81.3 Å². The molecule has 0 saturated carbocycles. The Labute approximate surface area is 358 Å². The molecule has 0 fully saturated rings. The summed E-state index contributed by atoms with van der Waals surface area (Å²) in [6.45, 7) is 0. The van der Waals surface area contributed by atoms with Crippen molar-refractivity contribution in [3.63, 3.8) is 0 Å². The molecule has 0 atom stereocenters. The molecule has 0 aliphatic rings. The average Bonchev–Trinajstić information content (AvgIpc) is 3.34. The number of rotatable bonds is 6. The van der Waals surface area contributed by atoms with Gasteiger partial charge in [-0.3, -0.25) is 0 Å². The lowest BCUT2D eigenvalue weighted by Gasteiger charge is -2.29. The van der Waals surface area contributed by atoms with Gasteiger partial charge in [-0.2, -0.15) is 0 Å². The van der Waals surface area contributed by atoms with Gasteiger partial charge in [0.1, 0.15) is 0 Å². The van der Waals surface area contributed by atoms with E-state index in [0.29, 0.717) is 0 Å². The molecule has 11 aromatic rings. The van der Waals surface area contributed by atoms with Crippen LogP contribution in [0.2, 0.25) is 0 Å². The second kappa shape index (κ2) is 15.4. The summed E-state index contributed by atoms with van der Waals surface area (Å²) in [6, 6.07) is 88.5. The normalized spacial score (nSPS) is 11.5. The van der Waals surface area contributed by atoms with E-state index in [0.717, 1.165) is 16.3 Å². The molecule has 11 rings (SSSR count). The molecule has 0 nitrogen and oxygen atoms in total. The third kappa shape index (κ3) is 6.16. The molecule has 0 heterocycles. The molecule has 11 aromatic carbocycles. The first kappa shape index (κ1) is 36.3. The zero-order valence-corrected chi connectivity index (χ0v) is 34.6. The Morgan fingerprint density at radius 1 is 0.246 bits per heavy atom. The van der Waals surface area contributed by atoms with Crippen molar-refractivity contribution in [1.29, 1.82) is 0 Å². The molecule has 0 N–H and O–H groups in total. The third-order valence-electron chi connectivity index (χ3n) is 12.4. The largest absolute Gasteiger partial charge is 0.230 e. The van der Waals surface area contributed by atoms with Gasteiger partial charge < -0.3 is 0 Å². The monoisotopic (exact) mass is 788 g/mol. The average molecular weight is 789 g/mol. The van der Waals surface area contributed by atoms with E-state index in [9.17, 15) is 0 Å². The van der Waals surface area contributed by atoms with Crippen molar-refractivity contribution in [1.82, 2.24) is 0 Å². The maximum absolute atomic E-state index is 4.19. The highest BCUT2D eigenvalue weighted by Crippen LogP contribution is 2.48. The van der Waals surface area contributed by atoms with E-state index in [-0.39, 0.29) is 0 Å². The van der Waals surface area contributed by atoms with Gasteiger partial charge in [-0.05, 0) is 92.0 Å². The summed E-state index contributed by atoms with van der Waals surface area (Å²) in [7, 11) is -3.00. The van der Waals surface area contributed by atoms with E-state index in [4.69, 9.17) is 0 Å². The maximum atomic E-state index is 4.19. The van der Waals surface area contributed by atoms with Crippen LogP contribution in [0.25, 0.3) is 76.5 Å². The van der Waals surface area contributed by atoms with Crippen molar-refractivity contribution < 1.29 is 0 Å². The summed E-state index contributed by atoms with van der Waals surface area (Å²) < 4.78 is 0. The Balaban J connectivity index is 1.24. The fourth-order valence-electron chi connectivity index (χ4n) is 9.66. The molecule has 0 spiro atoms. The second-order valence-electron chi connectivity index (χ2n) is 15.7. The van der Waals surface area contributed by atoms with Crippen LogP contribution in [0.4, 0.5) is 0 Å². The maximum Gasteiger partial charge on any atom is 0.230 e. The van der Waals surface area contributed by atoms with E-state index in [1.54, 1.807) is 0 Å². The van der Waals surface area contributed by atoms with Gasteiger partial charge in [0.2, 0.25) is 8.07 Å². The van der Waals surface area contributed by atoms with Crippen LogP contribution in [0.5, 0.6) is 0 Å². The summed E-state index contributed by atoms with van der Waals surface area (Å²) in [5, 5.41) is 13.5. The summed E-state index contributed by atoms with van der Waals surface area (Å²) in [5.74, 6) is 4.02. The Morgan fingerprint density at radius 2 is 0.574 bits per heavy atom. The zero-order valence-electron chi connectivity index (χ0n) is 33.6. The predicted octanol–water partition coefficient (Wildman–Crippen LogP) is 13.4. The second-order valence-corrected chi connectivity index (χ2v) is 19.2. The van der Waals surface area contributed by atoms with E-state index in [1.807, 2.05) is 0 Å². The summed E-state index contributed by atoms with van der Waals surface area (Å²) >= 11 is 0. The van der Waals surface area contributed by atoms with Crippen molar-refractivity contribution in [2.45, 2.75) is 0 Å². The highest BCUT2D eigenvalue weighted by Gasteiger charge is 2.39. The topological polar surface area (TPSA) is 0 Å². The molecular weight excluding hydrogens is 749 g/mol. The lowest BCUT2D eigenvalue weighted by molar-refractivity contribution is 1.63. The predicted molar refractivity (Wildman–Crippen MR) is 264 cm³/mol. The Kier molecular flexibility index (Phi) is 9.20. The first-order valence-corrected chi connectivity index (χ1v) is 23.0. The first-order valence-electron chi connectivity index (χ1n) is 21.0. The molecule has 0 saturated heterocycles. The quantitative estimate of drug-likeness (QED) is 0.0681. The molecule has 0 bridgehead atoms. The van der Waals surface area contributed by atoms with Gasteiger partial charge in [0, 0.05) is 5.56 Å².